The van der Waals surface area contributed by atoms with Gasteiger partial charge in [-0.15, -0.1) is 0 Å². The van der Waals surface area contributed by atoms with Crippen molar-refractivity contribution in [3.8, 4) is 0 Å². The van der Waals surface area contributed by atoms with Crippen LogP contribution in [0, 0.1) is 17.3 Å². The van der Waals surface area contributed by atoms with Crippen molar-refractivity contribution in [1.29, 1.82) is 0 Å². The molecule has 1 N–H and O–H groups in total. The van der Waals surface area contributed by atoms with Crippen LogP contribution >= 0.6 is 11.6 Å². The number of halogens is 1. The van der Waals surface area contributed by atoms with E-state index in [1.165, 1.54) is 30.4 Å². The normalized spacial score (nSPS) is 18.3. The summed E-state index contributed by atoms with van der Waals surface area (Å²) in [4.78, 5) is -0.597. The fraction of sp³-hybridized carbons (Fsp3) is 0.0714. The molecule has 2 aliphatic rings. The Morgan fingerprint density at radius 3 is 2.43 bits per heavy atom. The lowest BCUT2D eigenvalue weighted by Gasteiger charge is -2.23. The van der Waals surface area contributed by atoms with Gasteiger partial charge in [0, 0.05) is 22.7 Å². The Bertz CT molecular complexity index is 907. The summed E-state index contributed by atoms with van der Waals surface area (Å²) >= 11 is 5.95. The van der Waals surface area contributed by atoms with Crippen LogP contribution in [0.25, 0.3) is 0 Å². The minimum Gasteiger partial charge on any atom is -0.612 e. The maximum absolute atomic E-state index is 12.2. The zero-order valence-electron chi connectivity index (χ0n) is 11.7. The van der Waals surface area contributed by atoms with Crippen molar-refractivity contribution in [2.45, 2.75) is 11.8 Å². The summed E-state index contributed by atoms with van der Waals surface area (Å²) in [5.74, 6) is -0.0193. The van der Waals surface area contributed by atoms with E-state index >= 15 is 0 Å². The highest BCUT2D eigenvalue weighted by Crippen LogP contribution is 2.36. The lowest BCUT2D eigenvalue weighted by molar-refractivity contribution is -0.377. The second-order valence-electron chi connectivity index (χ2n) is 4.89. The summed E-state index contributed by atoms with van der Waals surface area (Å²) in [6.07, 6.45) is 5.35. The van der Waals surface area contributed by atoms with Gasteiger partial charge in [-0.3, -0.25) is 0 Å². The van der Waals surface area contributed by atoms with E-state index in [2.05, 4.69) is 5.32 Å². The first-order valence-electron chi connectivity index (χ1n) is 6.41. The molecule has 1 heterocycles. The van der Waals surface area contributed by atoms with Crippen LogP contribution < -0.4 is 5.32 Å². The van der Waals surface area contributed by atoms with Gasteiger partial charge in [0.25, 0.3) is 0 Å². The molecule has 0 bridgehead atoms. The minimum absolute atomic E-state index is 0.0193. The van der Waals surface area contributed by atoms with Crippen molar-refractivity contribution in [1.82, 2.24) is 0 Å². The van der Waals surface area contributed by atoms with E-state index < -0.39 is 15.0 Å². The molecule has 7 nitrogen and oxygen atoms in total. The smallest absolute Gasteiger partial charge is 0.342 e. The highest BCUT2D eigenvalue weighted by Gasteiger charge is 2.30. The number of anilines is 1. The van der Waals surface area contributed by atoms with E-state index in [0.29, 0.717) is 21.8 Å². The number of allylic oxidation sites excluding steroid dienone is 5. The lowest BCUT2D eigenvalue weighted by atomic mass is 10.1. The second-order valence-corrected chi connectivity index (χ2v) is 6.82. The number of rotatable bonds is 0. The van der Waals surface area contributed by atoms with Gasteiger partial charge >= 0.3 is 10.1 Å². The largest absolute Gasteiger partial charge is 0.612 e. The Hall–Kier alpha value is -2.45. The molecule has 1 aromatic carbocycles. The van der Waals surface area contributed by atoms with Crippen molar-refractivity contribution in [3.05, 3.63) is 68.9 Å². The Morgan fingerprint density at radius 2 is 1.83 bits per heavy atom. The highest BCUT2D eigenvalue weighted by atomic mass is 35.5. The van der Waals surface area contributed by atoms with Crippen molar-refractivity contribution in [2.75, 3.05) is 5.32 Å². The molecule has 0 aromatic heterocycles. The molecule has 0 amide bonds. The van der Waals surface area contributed by atoms with Gasteiger partial charge < -0.3 is 19.9 Å². The van der Waals surface area contributed by atoms with Crippen LogP contribution in [-0.4, -0.2) is 19.0 Å². The molecule has 120 valence electrons. The molecule has 0 atom stereocenters. The first-order chi connectivity index (χ1) is 10.8. The SMILES string of the molecule is Cc1cc2c(cc1Cl)S(=O)(=O)OC(=C1C=CC(=[N+]([O-])[O-])C=C1)N2. The molecule has 0 unspecified atom stereocenters. The third-order valence-electron chi connectivity index (χ3n) is 3.31. The van der Waals surface area contributed by atoms with Gasteiger partial charge in [-0.2, -0.15) is 13.3 Å². The van der Waals surface area contributed by atoms with Crippen LogP contribution in [-0.2, 0) is 14.3 Å². The molecule has 0 spiro atoms. The summed E-state index contributed by atoms with van der Waals surface area (Å²) in [6.45, 7) is 1.75. The van der Waals surface area contributed by atoms with Gasteiger partial charge in [0.2, 0.25) is 11.6 Å². The van der Waals surface area contributed by atoms with Gasteiger partial charge in [-0.1, -0.05) is 11.6 Å². The maximum atomic E-state index is 12.2. The average molecular weight is 354 g/mol. The molecule has 9 heteroatoms. The van der Waals surface area contributed by atoms with Crippen LogP contribution in [0.1, 0.15) is 5.56 Å². The zero-order chi connectivity index (χ0) is 16.8. The predicted molar refractivity (Wildman–Crippen MR) is 85.4 cm³/mol. The number of nitrogens with one attached hydrogen (secondary N) is 1. The standard InChI is InChI=1S/C14H10ClN2O5S/c1-8-6-12-13(7-11(8)15)23(20,21)22-14(16-12)9-2-4-10(5-3-9)17(18)19/h2-7,16H,1H3/q-1. The van der Waals surface area contributed by atoms with Crippen LogP contribution in [0.15, 0.2) is 52.8 Å². The van der Waals surface area contributed by atoms with Crippen LogP contribution in [0.4, 0.5) is 5.69 Å². The second kappa shape index (κ2) is 5.32. The van der Waals surface area contributed by atoms with E-state index in [1.54, 1.807) is 13.0 Å². The molecule has 23 heavy (non-hydrogen) atoms. The number of benzene rings is 1. The number of aryl methyl sites for hydroxylation is 1. The Labute approximate surface area is 137 Å². The fourth-order valence-electron chi connectivity index (χ4n) is 2.12. The van der Waals surface area contributed by atoms with Crippen molar-refractivity contribution in [2.24, 2.45) is 0 Å². The zero-order valence-corrected chi connectivity index (χ0v) is 13.3. The molecule has 0 radical (unpaired) electrons. The summed E-state index contributed by atoms with van der Waals surface area (Å²) in [5, 5.41) is 24.5. The molecule has 0 fully saturated rings. The average Bonchev–Trinajstić information content (AvgIpc) is 2.49. The summed E-state index contributed by atoms with van der Waals surface area (Å²) < 4.78 is 29.5. The van der Waals surface area contributed by atoms with Gasteiger partial charge in [-0.25, -0.2) is 0 Å². The third kappa shape index (κ3) is 2.78. The minimum atomic E-state index is -4.02. The highest BCUT2D eigenvalue weighted by molar-refractivity contribution is 7.87. The quantitative estimate of drug-likeness (QED) is 0.436. The predicted octanol–water partition coefficient (Wildman–Crippen LogP) is 2.57. The number of nitrogens with zero attached hydrogens (tertiary/aromatic N) is 1. The molecule has 1 aromatic rings. The lowest BCUT2D eigenvalue weighted by Crippen LogP contribution is -2.21. The topological polar surface area (TPSA) is 105 Å². The van der Waals surface area contributed by atoms with E-state index in [1.807, 2.05) is 0 Å². The van der Waals surface area contributed by atoms with Gasteiger partial charge in [0.05, 0.1) is 5.69 Å². The fourth-order valence-corrected chi connectivity index (χ4v) is 3.44. The molecular formula is C14H10ClN2O5S-. The molecule has 3 rings (SSSR count). The first-order valence-corrected chi connectivity index (χ1v) is 8.20. The van der Waals surface area contributed by atoms with Crippen molar-refractivity contribution in [3.63, 3.8) is 0 Å². The summed E-state index contributed by atoms with van der Waals surface area (Å²) in [7, 11) is -4.02. The van der Waals surface area contributed by atoms with Crippen LogP contribution in [0.3, 0.4) is 0 Å². The molecule has 0 saturated carbocycles. The Kier molecular flexibility index (Phi) is 3.57. The molecule has 0 saturated heterocycles. The van der Waals surface area contributed by atoms with E-state index in [4.69, 9.17) is 15.8 Å². The van der Waals surface area contributed by atoms with Crippen molar-refractivity contribution < 1.29 is 17.5 Å². The summed E-state index contributed by atoms with van der Waals surface area (Å²) in [5.41, 5.74) is 1.32. The van der Waals surface area contributed by atoms with E-state index in [9.17, 15) is 18.8 Å². The van der Waals surface area contributed by atoms with Crippen LogP contribution in [0.5, 0.6) is 0 Å². The Morgan fingerprint density at radius 1 is 1.17 bits per heavy atom. The Balaban J connectivity index is 2.08. The maximum Gasteiger partial charge on any atom is 0.342 e. The van der Waals surface area contributed by atoms with Crippen molar-refractivity contribution >= 4 is 33.1 Å². The monoisotopic (exact) mass is 353 g/mol. The third-order valence-corrected chi connectivity index (χ3v) is 4.98. The first kappa shape index (κ1) is 15.4. The van der Waals surface area contributed by atoms with Gasteiger partial charge in [-0.05, 0) is 36.8 Å². The van der Waals surface area contributed by atoms with Crippen LogP contribution in [0.2, 0.25) is 5.02 Å². The number of hydrogen-bond acceptors (Lipinski definition) is 6. The number of fused-ring (bicyclic) bond motifs is 1. The van der Waals surface area contributed by atoms with Gasteiger partial charge in [0.15, 0.2) is 0 Å². The van der Waals surface area contributed by atoms with E-state index in [-0.39, 0.29) is 16.5 Å². The molecule has 1 aliphatic carbocycles. The van der Waals surface area contributed by atoms with E-state index in [0.717, 1.165) is 0 Å². The molecule has 1 aliphatic heterocycles. The van der Waals surface area contributed by atoms with Gasteiger partial charge in [0.1, 0.15) is 4.90 Å². The molecular weight excluding hydrogens is 344 g/mol. The summed E-state index contributed by atoms with van der Waals surface area (Å²) in [6, 6.07) is 2.92. The number of hydrogen-bond donors (Lipinski definition) is 1.